The van der Waals surface area contributed by atoms with Gasteiger partial charge in [0.1, 0.15) is 11.0 Å². The zero-order valence-corrected chi connectivity index (χ0v) is 12.7. The van der Waals surface area contributed by atoms with Gasteiger partial charge in [0, 0.05) is 39.6 Å². The Morgan fingerprint density at radius 3 is 2.85 bits per heavy atom. The van der Waals surface area contributed by atoms with Crippen LogP contribution in [0.4, 0.5) is 0 Å². The van der Waals surface area contributed by atoms with Gasteiger partial charge in [-0.15, -0.1) is 0 Å². The van der Waals surface area contributed by atoms with Crippen LogP contribution in [0.3, 0.4) is 0 Å². The number of likely N-dealkylation sites (tertiary alicyclic amines) is 1. The molecule has 1 saturated heterocycles. The number of methoxy groups -OCH3 is 1. The van der Waals surface area contributed by atoms with E-state index in [1.54, 1.807) is 13.3 Å². The van der Waals surface area contributed by atoms with Gasteiger partial charge >= 0.3 is 0 Å². The summed E-state index contributed by atoms with van der Waals surface area (Å²) in [4.78, 5) is 18.4. The molecular weight excluding hydrogens is 278 g/mol. The van der Waals surface area contributed by atoms with E-state index in [0.717, 1.165) is 31.8 Å². The fourth-order valence-corrected chi connectivity index (χ4v) is 2.76. The van der Waals surface area contributed by atoms with Gasteiger partial charge in [-0.1, -0.05) is 11.6 Å². The number of nitrogens with zero attached hydrogens (tertiary/aromatic N) is 3. The van der Waals surface area contributed by atoms with Crippen LogP contribution in [0.2, 0.25) is 5.15 Å². The van der Waals surface area contributed by atoms with Gasteiger partial charge in [-0.05, 0) is 19.3 Å². The van der Waals surface area contributed by atoms with Crippen molar-refractivity contribution in [2.75, 3.05) is 26.8 Å². The molecule has 6 heteroatoms. The summed E-state index contributed by atoms with van der Waals surface area (Å²) < 4.78 is 6.97. The third kappa shape index (κ3) is 3.96. The summed E-state index contributed by atoms with van der Waals surface area (Å²) in [5.41, 5.74) is 0. The fourth-order valence-electron chi connectivity index (χ4n) is 2.53. The third-order valence-corrected chi connectivity index (χ3v) is 3.98. The molecule has 20 heavy (non-hydrogen) atoms. The Hall–Kier alpha value is -1.07. The molecule has 0 unspecified atom stereocenters. The number of hydrogen-bond donors (Lipinski definition) is 0. The van der Waals surface area contributed by atoms with Gasteiger partial charge in [0.25, 0.3) is 0 Å². The van der Waals surface area contributed by atoms with Crippen molar-refractivity contribution in [1.82, 2.24) is 14.5 Å². The number of ether oxygens (including phenoxy) is 1. The lowest BCUT2D eigenvalue weighted by Crippen LogP contribution is -2.35. The summed E-state index contributed by atoms with van der Waals surface area (Å²) >= 11 is 6.09. The van der Waals surface area contributed by atoms with Crippen molar-refractivity contribution >= 4 is 17.5 Å². The number of aromatic nitrogens is 2. The molecule has 2 rings (SSSR count). The quantitative estimate of drug-likeness (QED) is 0.808. The maximum atomic E-state index is 12.1. The second-order valence-electron chi connectivity index (χ2n) is 5.08. The van der Waals surface area contributed by atoms with Crippen molar-refractivity contribution in [3.05, 3.63) is 17.2 Å². The number of imidazole rings is 1. The summed E-state index contributed by atoms with van der Waals surface area (Å²) in [6.45, 7) is 3.06. The van der Waals surface area contributed by atoms with E-state index in [2.05, 4.69) is 4.98 Å². The highest BCUT2D eigenvalue weighted by molar-refractivity contribution is 6.29. The van der Waals surface area contributed by atoms with Gasteiger partial charge < -0.3 is 14.2 Å². The number of amides is 1. The van der Waals surface area contributed by atoms with Gasteiger partial charge in [0.05, 0.1) is 12.8 Å². The molecule has 0 bridgehead atoms. The second-order valence-corrected chi connectivity index (χ2v) is 5.47. The number of halogens is 1. The topological polar surface area (TPSA) is 47.4 Å². The van der Waals surface area contributed by atoms with Crippen LogP contribution in [0.1, 0.15) is 31.5 Å². The Morgan fingerprint density at radius 2 is 2.15 bits per heavy atom. The van der Waals surface area contributed by atoms with E-state index in [0.29, 0.717) is 31.1 Å². The van der Waals surface area contributed by atoms with Crippen molar-refractivity contribution in [3.63, 3.8) is 0 Å². The SMILES string of the molecule is COCCn1c(Cl)cnc1CCC(=O)N1CCCCC1. The number of rotatable bonds is 6. The minimum atomic E-state index is 0.224. The Morgan fingerprint density at radius 1 is 1.40 bits per heavy atom. The molecule has 0 saturated carbocycles. The predicted molar refractivity (Wildman–Crippen MR) is 77.9 cm³/mol. The molecule has 1 fully saturated rings. The largest absolute Gasteiger partial charge is 0.383 e. The fraction of sp³-hybridized carbons (Fsp3) is 0.714. The summed E-state index contributed by atoms with van der Waals surface area (Å²) in [6, 6.07) is 0. The van der Waals surface area contributed by atoms with Crippen LogP contribution in [0.25, 0.3) is 0 Å². The van der Waals surface area contributed by atoms with Crippen LogP contribution in [-0.4, -0.2) is 47.2 Å². The normalized spacial score (nSPS) is 15.6. The maximum Gasteiger partial charge on any atom is 0.223 e. The maximum absolute atomic E-state index is 12.1. The van der Waals surface area contributed by atoms with Crippen LogP contribution in [0.15, 0.2) is 6.20 Å². The van der Waals surface area contributed by atoms with E-state index in [1.807, 2.05) is 9.47 Å². The van der Waals surface area contributed by atoms with Crippen molar-refractivity contribution < 1.29 is 9.53 Å². The first-order valence-corrected chi connectivity index (χ1v) is 7.57. The number of hydrogen-bond acceptors (Lipinski definition) is 3. The van der Waals surface area contributed by atoms with Gasteiger partial charge in [0.2, 0.25) is 5.91 Å². The lowest BCUT2D eigenvalue weighted by molar-refractivity contribution is -0.132. The Kier molecular flexibility index (Phi) is 5.86. The minimum Gasteiger partial charge on any atom is -0.383 e. The lowest BCUT2D eigenvalue weighted by Gasteiger charge is -2.26. The van der Waals surface area contributed by atoms with Gasteiger partial charge in [-0.25, -0.2) is 4.98 Å². The molecule has 1 aliphatic heterocycles. The van der Waals surface area contributed by atoms with Crippen molar-refractivity contribution in [2.24, 2.45) is 0 Å². The predicted octanol–water partition coefficient (Wildman–Crippen LogP) is 2.13. The van der Waals surface area contributed by atoms with E-state index in [4.69, 9.17) is 16.3 Å². The highest BCUT2D eigenvalue weighted by atomic mass is 35.5. The molecule has 0 aliphatic carbocycles. The van der Waals surface area contributed by atoms with Crippen LogP contribution < -0.4 is 0 Å². The zero-order chi connectivity index (χ0) is 14.4. The standard InChI is InChI=1S/C14H22ClN3O2/c1-20-10-9-18-12(15)11-16-13(18)5-6-14(19)17-7-3-2-4-8-17/h11H,2-10H2,1H3. The summed E-state index contributed by atoms with van der Waals surface area (Å²) in [6.07, 6.45) is 6.25. The van der Waals surface area contributed by atoms with Crippen molar-refractivity contribution in [2.45, 2.75) is 38.6 Å². The molecule has 112 valence electrons. The third-order valence-electron chi connectivity index (χ3n) is 3.68. The molecular formula is C14H22ClN3O2. The first-order chi connectivity index (χ1) is 9.72. The van der Waals surface area contributed by atoms with E-state index < -0.39 is 0 Å². The van der Waals surface area contributed by atoms with E-state index in [1.165, 1.54) is 6.42 Å². The number of aryl methyl sites for hydroxylation is 1. The molecule has 1 amide bonds. The van der Waals surface area contributed by atoms with Crippen LogP contribution in [-0.2, 0) is 22.5 Å². The molecule has 2 heterocycles. The molecule has 0 spiro atoms. The first-order valence-electron chi connectivity index (χ1n) is 7.19. The summed E-state index contributed by atoms with van der Waals surface area (Å²) in [5.74, 6) is 1.08. The lowest BCUT2D eigenvalue weighted by atomic mass is 10.1. The summed E-state index contributed by atoms with van der Waals surface area (Å²) in [5, 5.41) is 0.600. The molecule has 0 radical (unpaired) electrons. The monoisotopic (exact) mass is 299 g/mol. The Bertz CT molecular complexity index is 442. The Balaban J connectivity index is 1.88. The molecule has 0 aromatic carbocycles. The van der Waals surface area contributed by atoms with Crippen LogP contribution >= 0.6 is 11.6 Å². The smallest absolute Gasteiger partial charge is 0.223 e. The highest BCUT2D eigenvalue weighted by Gasteiger charge is 2.17. The summed E-state index contributed by atoms with van der Waals surface area (Å²) in [7, 11) is 1.66. The molecule has 1 aromatic rings. The number of carbonyl (C=O) groups excluding carboxylic acids is 1. The van der Waals surface area contributed by atoms with Crippen LogP contribution in [0.5, 0.6) is 0 Å². The molecule has 0 atom stereocenters. The minimum absolute atomic E-state index is 0.224. The van der Waals surface area contributed by atoms with Gasteiger partial charge in [-0.3, -0.25) is 4.79 Å². The zero-order valence-electron chi connectivity index (χ0n) is 12.0. The van der Waals surface area contributed by atoms with Crippen molar-refractivity contribution in [1.29, 1.82) is 0 Å². The highest BCUT2D eigenvalue weighted by Crippen LogP contribution is 2.15. The first kappa shape index (κ1) is 15.3. The number of piperidine rings is 1. The average molecular weight is 300 g/mol. The van der Waals surface area contributed by atoms with E-state index in [-0.39, 0.29) is 5.91 Å². The molecule has 5 nitrogen and oxygen atoms in total. The van der Waals surface area contributed by atoms with E-state index >= 15 is 0 Å². The molecule has 0 N–H and O–H groups in total. The molecule has 1 aliphatic rings. The second kappa shape index (κ2) is 7.64. The van der Waals surface area contributed by atoms with Crippen molar-refractivity contribution in [3.8, 4) is 0 Å². The van der Waals surface area contributed by atoms with Gasteiger partial charge in [-0.2, -0.15) is 0 Å². The van der Waals surface area contributed by atoms with E-state index in [9.17, 15) is 4.79 Å². The van der Waals surface area contributed by atoms with Crippen LogP contribution in [0, 0.1) is 0 Å². The average Bonchev–Trinajstić information content (AvgIpc) is 2.84. The molecule has 1 aromatic heterocycles. The number of carbonyl (C=O) groups is 1. The van der Waals surface area contributed by atoms with Gasteiger partial charge in [0.15, 0.2) is 0 Å². The Labute approximate surface area is 124 Å².